The van der Waals surface area contributed by atoms with Crippen LogP contribution in [0.4, 0.5) is 0 Å². The number of aryl methyl sites for hydroxylation is 2. The number of hydrogen-bond donors (Lipinski definition) is 0. The average molecular weight is 310 g/mol. The minimum absolute atomic E-state index is 0.0811. The molecule has 17 heavy (non-hydrogen) atoms. The predicted molar refractivity (Wildman–Crippen MR) is 77.8 cm³/mol. The number of hydrogen-bond acceptors (Lipinski definition) is 0. The molecule has 1 atom stereocenters. The van der Waals surface area contributed by atoms with Crippen LogP contribution >= 0.6 is 27.5 Å². The molecule has 0 aliphatic rings. The van der Waals surface area contributed by atoms with Crippen molar-refractivity contribution in [2.75, 3.05) is 0 Å². The van der Waals surface area contributed by atoms with Gasteiger partial charge >= 0.3 is 0 Å². The van der Waals surface area contributed by atoms with Crippen molar-refractivity contribution in [3.63, 3.8) is 0 Å². The normalized spacial score (nSPS) is 12.5. The summed E-state index contributed by atoms with van der Waals surface area (Å²) in [6.45, 7) is 4.23. The van der Waals surface area contributed by atoms with Crippen molar-refractivity contribution in [1.29, 1.82) is 0 Å². The summed E-state index contributed by atoms with van der Waals surface area (Å²) in [6, 6.07) is 14.5. The SMILES string of the molecule is Cc1ccc(C(Cl)c2ccc(Br)cc2)cc1C. The molecule has 0 aliphatic carbocycles. The van der Waals surface area contributed by atoms with E-state index in [-0.39, 0.29) is 5.38 Å². The van der Waals surface area contributed by atoms with E-state index in [0.717, 1.165) is 15.6 Å². The molecule has 2 rings (SSSR count). The fraction of sp³-hybridized carbons (Fsp3) is 0.200. The van der Waals surface area contributed by atoms with Gasteiger partial charge in [0.15, 0.2) is 0 Å². The van der Waals surface area contributed by atoms with Crippen LogP contribution in [0.2, 0.25) is 0 Å². The molecular weight excluding hydrogens is 296 g/mol. The zero-order valence-corrected chi connectivity index (χ0v) is 12.2. The lowest BCUT2D eigenvalue weighted by Gasteiger charge is -2.12. The van der Waals surface area contributed by atoms with Crippen LogP contribution in [-0.2, 0) is 0 Å². The highest BCUT2D eigenvalue weighted by molar-refractivity contribution is 9.10. The van der Waals surface area contributed by atoms with Crippen LogP contribution in [0.3, 0.4) is 0 Å². The van der Waals surface area contributed by atoms with Gasteiger partial charge in [-0.15, -0.1) is 11.6 Å². The van der Waals surface area contributed by atoms with Crippen LogP contribution in [-0.4, -0.2) is 0 Å². The Morgan fingerprint density at radius 3 is 2.06 bits per heavy atom. The molecule has 88 valence electrons. The van der Waals surface area contributed by atoms with Crippen molar-refractivity contribution in [1.82, 2.24) is 0 Å². The third-order valence-electron chi connectivity index (χ3n) is 2.99. The van der Waals surface area contributed by atoms with Gasteiger partial charge < -0.3 is 0 Å². The molecule has 0 saturated heterocycles. The maximum Gasteiger partial charge on any atom is 0.0835 e. The summed E-state index contributed by atoms with van der Waals surface area (Å²) in [6.07, 6.45) is 0. The molecule has 1 unspecified atom stereocenters. The predicted octanol–water partition coefficient (Wildman–Crippen LogP) is 5.39. The Labute approximate surface area is 116 Å². The van der Waals surface area contributed by atoms with Gasteiger partial charge in [-0.3, -0.25) is 0 Å². The molecule has 0 radical (unpaired) electrons. The first kappa shape index (κ1) is 12.7. The molecule has 0 saturated carbocycles. The van der Waals surface area contributed by atoms with E-state index in [9.17, 15) is 0 Å². The maximum absolute atomic E-state index is 6.49. The average Bonchev–Trinajstić information content (AvgIpc) is 2.33. The van der Waals surface area contributed by atoms with Gasteiger partial charge in [0.1, 0.15) is 0 Å². The van der Waals surface area contributed by atoms with Crippen molar-refractivity contribution in [2.45, 2.75) is 19.2 Å². The van der Waals surface area contributed by atoms with Crippen LogP contribution in [0.15, 0.2) is 46.9 Å². The van der Waals surface area contributed by atoms with Gasteiger partial charge in [0.2, 0.25) is 0 Å². The number of benzene rings is 2. The highest BCUT2D eigenvalue weighted by Crippen LogP contribution is 2.30. The maximum atomic E-state index is 6.49. The molecule has 0 aliphatic heterocycles. The van der Waals surface area contributed by atoms with Crippen molar-refractivity contribution in [3.8, 4) is 0 Å². The lowest BCUT2D eigenvalue weighted by Crippen LogP contribution is -1.94. The van der Waals surface area contributed by atoms with Crippen molar-refractivity contribution >= 4 is 27.5 Å². The molecule has 2 aromatic rings. The van der Waals surface area contributed by atoms with Crippen molar-refractivity contribution in [2.24, 2.45) is 0 Å². The Bertz CT molecular complexity index is 517. The number of rotatable bonds is 2. The standard InChI is InChI=1S/C15H14BrCl/c1-10-3-4-13(9-11(10)2)15(17)12-5-7-14(16)8-6-12/h3-9,15H,1-2H3. The Kier molecular flexibility index (Phi) is 3.90. The third-order valence-corrected chi connectivity index (χ3v) is 4.02. The first-order valence-corrected chi connectivity index (χ1v) is 6.77. The summed E-state index contributed by atoms with van der Waals surface area (Å²) < 4.78 is 1.07. The quantitative estimate of drug-likeness (QED) is 0.652. The summed E-state index contributed by atoms with van der Waals surface area (Å²) >= 11 is 9.92. The van der Waals surface area contributed by atoms with Crippen LogP contribution in [0.1, 0.15) is 27.6 Å². The first-order chi connectivity index (χ1) is 8.08. The third kappa shape index (κ3) is 2.91. The zero-order valence-electron chi connectivity index (χ0n) is 9.87. The zero-order chi connectivity index (χ0) is 12.4. The van der Waals surface area contributed by atoms with Crippen LogP contribution < -0.4 is 0 Å². The summed E-state index contributed by atoms with van der Waals surface area (Å²) in [5.41, 5.74) is 4.86. The molecule has 0 aromatic heterocycles. The highest BCUT2D eigenvalue weighted by atomic mass is 79.9. The van der Waals surface area contributed by atoms with E-state index in [0.29, 0.717) is 0 Å². The van der Waals surface area contributed by atoms with E-state index in [2.05, 4.69) is 60.1 Å². The van der Waals surface area contributed by atoms with E-state index in [1.807, 2.05) is 12.1 Å². The van der Waals surface area contributed by atoms with Gasteiger partial charge in [0, 0.05) is 4.47 Å². The second-order valence-electron chi connectivity index (χ2n) is 4.26. The van der Waals surface area contributed by atoms with Gasteiger partial charge in [-0.2, -0.15) is 0 Å². The molecule has 0 nitrogen and oxygen atoms in total. The topological polar surface area (TPSA) is 0 Å². The molecule has 0 spiro atoms. The Morgan fingerprint density at radius 2 is 1.47 bits per heavy atom. The van der Waals surface area contributed by atoms with E-state index in [4.69, 9.17) is 11.6 Å². The summed E-state index contributed by atoms with van der Waals surface area (Å²) in [5, 5.41) is -0.0811. The highest BCUT2D eigenvalue weighted by Gasteiger charge is 2.11. The Hall–Kier alpha value is -0.790. The molecular formula is C15H14BrCl. The van der Waals surface area contributed by atoms with E-state index >= 15 is 0 Å². The van der Waals surface area contributed by atoms with Crippen molar-refractivity contribution in [3.05, 3.63) is 69.2 Å². The van der Waals surface area contributed by atoms with Crippen molar-refractivity contribution < 1.29 is 0 Å². The van der Waals surface area contributed by atoms with Gasteiger partial charge in [0.25, 0.3) is 0 Å². The largest absolute Gasteiger partial charge is 0.113 e. The van der Waals surface area contributed by atoms with Gasteiger partial charge in [0.05, 0.1) is 5.38 Å². The fourth-order valence-corrected chi connectivity index (χ4v) is 2.29. The lowest BCUT2D eigenvalue weighted by atomic mass is 10.0. The first-order valence-electron chi connectivity index (χ1n) is 5.54. The van der Waals surface area contributed by atoms with Gasteiger partial charge in [-0.1, -0.05) is 46.3 Å². The molecule has 2 aromatic carbocycles. The van der Waals surface area contributed by atoms with E-state index in [1.165, 1.54) is 11.1 Å². The van der Waals surface area contributed by atoms with E-state index < -0.39 is 0 Å². The molecule has 0 bridgehead atoms. The summed E-state index contributed by atoms with van der Waals surface area (Å²) in [5.74, 6) is 0. The fourth-order valence-electron chi connectivity index (χ4n) is 1.75. The second kappa shape index (κ2) is 5.24. The molecule has 0 fully saturated rings. The monoisotopic (exact) mass is 308 g/mol. The van der Waals surface area contributed by atoms with E-state index in [1.54, 1.807) is 0 Å². The lowest BCUT2D eigenvalue weighted by molar-refractivity contribution is 1.12. The number of halogens is 2. The molecule has 0 N–H and O–H groups in total. The summed E-state index contributed by atoms with van der Waals surface area (Å²) in [7, 11) is 0. The molecule has 2 heteroatoms. The van der Waals surface area contributed by atoms with Crippen LogP contribution in [0.5, 0.6) is 0 Å². The minimum atomic E-state index is -0.0811. The molecule has 0 heterocycles. The minimum Gasteiger partial charge on any atom is -0.113 e. The van der Waals surface area contributed by atoms with Crippen LogP contribution in [0.25, 0.3) is 0 Å². The van der Waals surface area contributed by atoms with Gasteiger partial charge in [-0.25, -0.2) is 0 Å². The summed E-state index contributed by atoms with van der Waals surface area (Å²) in [4.78, 5) is 0. The van der Waals surface area contributed by atoms with Crippen LogP contribution in [0, 0.1) is 13.8 Å². The number of alkyl halides is 1. The molecule has 0 amide bonds. The van der Waals surface area contributed by atoms with Gasteiger partial charge in [-0.05, 0) is 48.2 Å². The smallest absolute Gasteiger partial charge is 0.0835 e. The second-order valence-corrected chi connectivity index (χ2v) is 5.61. The Morgan fingerprint density at radius 1 is 0.882 bits per heavy atom. The Balaban J connectivity index is 2.33.